The van der Waals surface area contributed by atoms with E-state index in [1.807, 2.05) is 26.0 Å². The lowest BCUT2D eigenvalue weighted by atomic mass is 9.99. The summed E-state index contributed by atoms with van der Waals surface area (Å²) >= 11 is 0. The van der Waals surface area contributed by atoms with Crippen molar-refractivity contribution >= 4 is 24.0 Å². The highest BCUT2D eigenvalue weighted by atomic mass is 35.5. The monoisotopic (exact) mass is 336 g/mol. The summed E-state index contributed by atoms with van der Waals surface area (Å²) in [5.74, 6) is -0.354. The van der Waals surface area contributed by atoms with Gasteiger partial charge in [0.1, 0.15) is 11.2 Å². The van der Waals surface area contributed by atoms with Crippen LogP contribution in [0.15, 0.2) is 29.3 Å². The first kappa shape index (κ1) is 17.4. The van der Waals surface area contributed by atoms with E-state index in [1.165, 1.54) is 10.6 Å². The van der Waals surface area contributed by atoms with Crippen LogP contribution in [0, 0.1) is 6.92 Å². The van der Waals surface area contributed by atoms with E-state index in [2.05, 4.69) is 15.6 Å². The summed E-state index contributed by atoms with van der Waals surface area (Å²) in [5.41, 5.74) is 1.32. The van der Waals surface area contributed by atoms with Gasteiger partial charge < -0.3 is 10.6 Å². The molecule has 2 atom stereocenters. The van der Waals surface area contributed by atoms with E-state index in [0.717, 1.165) is 24.9 Å². The lowest BCUT2D eigenvalue weighted by Crippen LogP contribution is -2.52. The van der Waals surface area contributed by atoms with Gasteiger partial charge in [-0.05, 0) is 50.9 Å². The molecule has 2 N–H and O–H groups in total. The molecule has 1 saturated heterocycles. The van der Waals surface area contributed by atoms with Crippen LogP contribution >= 0.6 is 12.4 Å². The first-order valence-electron chi connectivity index (χ1n) is 7.58. The summed E-state index contributed by atoms with van der Waals surface area (Å²) in [5, 5.41) is 6.27. The van der Waals surface area contributed by atoms with E-state index in [0.29, 0.717) is 5.65 Å². The number of nitrogens with zero attached hydrogens (tertiary/aromatic N) is 2. The number of carbonyl (C=O) groups is 1. The largest absolute Gasteiger partial charge is 0.348 e. The molecule has 1 fully saturated rings. The number of hydrogen-bond acceptors (Lipinski definition) is 4. The SMILES string of the molecule is Cc1ccn2c(=O)c(C(=O)NC3CCCNC3C)cnc2c1.Cl. The maximum Gasteiger partial charge on any atom is 0.270 e. The molecule has 6 nitrogen and oxygen atoms in total. The Labute approximate surface area is 140 Å². The highest BCUT2D eigenvalue weighted by Gasteiger charge is 2.24. The highest BCUT2D eigenvalue weighted by Crippen LogP contribution is 2.09. The van der Waals surface area contributed by atoms with Gasteiger partial charge in [-0.3, -0.25) is 14.0 Å². The second kappa shape index (κ2) is 7.10. The minimum atomic E-state index is -0.354. The third-order valence-electron chi connectivity index (χ3n) is 4.19. The predicted molar refractivity (Wildman–Crippen MR) is 91.4 cm³/mol. The molecule has 0 aliphatic carbocycles. The fourth-order valence-electron chi connectivity index (χ4n) is 2.82. The number of aromatic nitrogens is 2. The minimum Gasteiger partial charge on any atom is -0.348 e. The van der Waals surface area contributed by atoms with Crippen molar-refractivity contribution in [3.63, 3.8) is 0 Å². The van der Waals surface area contributed by atoms with Crippen molar-refractivity contribution < 1.29 is 4.79 Å². The Hall–Kier alpha value is -1.92. The molecule has 1 aliphatic rings. The Morgan fingerprint density at radius 2 is 2.26 bits per heavy atom. The van der Waals surface area contributed by atoms with Crippen LogP contribution in [-0.4, -0.2) is 33.9 Å². The van der Waals surface area contributed by atoms with Gasteiger partial charge in [-0.1, -0.05) is 0 Å². The van der Waals surface area contributed by atoms with Crippen molar-refractivity contribution in [3.05, 3.63) is 46.0 Å². The average molecular weight is 337 g/mol. The zero-order valence-corrected chi connectivity index (χ0v) is 14.0. The van der Waals surface area contributed by atoms with E-state index in [9.17, 15) is 9.59 Å². The quantitative estimate of drug-likeness (QED) is 0.866. The van der Waals surface area contributed by atoms with Gasteiger partial charge in [-0.2, -0.15) is 0 Å². The first-order valence-corrected chi connectivity index (χ1v) is 7.58. The third kappa shape index (κ3) is 3.54. The second-order valence-electron chi connectivity index (χ2n) is 5.87. The van der Waals surface area contributed by atoms with Gasteiger partial charge in [0.25, 0.3) is 11.5 Å². The van der Waals surface area contributed by atoms with Crippen molar-refractivity contribution in [2.45, 2.75) is 38.8 Å². The average Bonchev–Trinajstić information content (AvgIpc) is 2.49. The molecule has 1 amide bonds. The zero-order valence-electron chi connectivity index (χ0n) is 13.2. The smallest absolute Gasteiger partial charge is 0.270 e. The Morgan fingerprint density at radius 1 is 1.48 bits per heavy atom. The maximum absolute atomic E-state index is 12.5. The molecule has 23 heavy (non-hydrogen) atoms. The molecule has 0 aromatic carbocycles. The van der Waals surface area contributed by atoms with Gasteiger partial charge in [0.05, 0.1) is 0 Å². The summed E-state index contributed by atoms with van der Waals surface area (Å²) in [4.78, 5) is 29.1. The number of rotatable bonds is 2. The molecule has 3 rings (SSSR count). The van der Waals surface area contributed by atoms with Crippen LogP contribution in [0.3, 0.4) is 0 Å². The third-order valence-corrected chi connectivity index (χ3v) is 4.19. The first-order chi connectivity index (χ1) is 10.6. The van der Waals surface area contributed by atoms with Gasteiger partial charge in [0.15, 0.2) is 0 Å². The fourth-order valence-corrected chi connectivity index (χ4v) is 2.82. The summed E-state index contributed by atoms with van der Waals surface area (Å²) in [6, 6.07) is 3.89. The van der Waals surface area contributed by atoms with E-state index in [1.54, 1.807) is 6.20 Å². The van der Waals surface area contributed by atoms with Crippen molar-refractivity contribution in [1.82, 2.24) is 20.0 Å². The molecule has 124 valence electrons. The van der Waals surface area contributed by atoms with E-state index in [-0.39, 0.29) is 41.5 Å². The Morgan fingerprint density at radius 3 is 3.00 bits per heavy atom. The number of nitrogens with one attached hydrogen (secondary N) is 2. The summed E-state index contributed by atoms with van der Waals surface area (Å²) in [7, 11) is 0. The number of pyridine rings is 1. The van der Waals surface area contributed by atoms with Crippen LogP contribution < -0.4 is 16.2 Å². The van der Waals surface area contributed by atoms with E-state index >= 15 is 0 Å². The van der Waals surface area contributed by atoms with Crippen LogP contribution in [0.5, 0.6) is 0 Å². The van der Waals surface area contributed by atoms with Crippen molar-refractivity contribution in [3.8, 4) is 0 Å². The molecule has 3 heterocycles. The normalized spacial score (nSPS) is 20.8. The topological polar surface area (TPSA) is 75.5 Å². The Kier molecular flexibility index (Phi) is 5.38. The van der Waals surface area contributed by atoms with Crippen LogP contribution in [0.25, 0.3) is 5.65 Å². The highest BCUT2D eigenvalue weighted by molar-refractivity contribution is 5.94. The van der Waals surface area contributed by atoms with Gasteiger partial charge >= 0.3 is 0 Å². The molecular formula is C16H21ClN4O2. The number of halogens is 1. The number of hydrogen-bond donors (Lipinski definition) is 2. The second-order valence-corrected chi connectivity index (χ2v) is 5.87. The molecule has 0 spiro atoms. The standard InChI is InChI=1S/C16H20N4O2.ClH/c1-10-5-7-20-14(8-10)18-9-12(16(20)22)15(21)19-13-4-3-6-17-11(13)2;/h5,7-9,11,13,17H,3-4,6H2,1-2H3,(H,19,21);1H. The van der Waals surface area contributed by atoms with Crippen molar-refractivity contribution in [2.75, 3.05) is 6.54 Å². The number of carbonyl (C=O) groups excluding carboxylic acids is 1. The molecule has 1 aliphatic heterocycles. The van der Waals surface area contributed by atoms with Crippen LogP contribution in [0.4, 0.5) is 0 Å². The lowest BCUT2D eigenvalue weighted by molar-refractivity contribution is 0.0918. The van der Waals surface area contributed by atoms with Crippen molar-refractivity contribution in [1.29, 1.82) is 0 Å². The molecule has 2 aromatic rings. The molecule has 2 aromatic heterocycles. The number of piperidine rings is 1. The van der Waals surface area contributed by atoms with Gasteiger partial charge in [0, 0.05) is 24.5 Å². The molecule has 2 unspecified atom stereocenters. The summed E-state index contributed by atoms with van der Waals surface area (Å²) in [6.45, 7) is 4.94. The number of fused-ring (bicyclic) bond motifs is 1. The molecule has 0 radical (unpaired) electrons. The predicted octanol–water partition coefficient (Wildman–Crippen LogP) is 1.30. The van der Waals surface area contributed by atoms with Crippen LogP contribution in [0.2, 0.25) is 0 Å². The molecule has 0 bridgehead atoms. The van der Waals surface area contributed by atoms with Crippen molar-refractivity contribution in [2.24, 2.45) is 0 Å². The molecular weight excluding hydrogens is 316 g/mol. The summed E-state index contributed by atoms with van der Waals surface area (Å²) < 4.78 is 1.41. The van der Waals surface area contributed by atoms with Crippen LogP contribution in [-0.2, 0) is 0 Å². The Balaban J connectivity index is 0.00000192. The van der Waals surface area contributed by atoms with E-state index < -0.39 is 0 Å². The van der Waals surface area contributed by atoms with Gasteiger partial charge in [-0.15, -0.1) is 12.4 Å². The minimum absolute atomic E-state index is 0. The summed E-state index contributed by atoms with van der Waals surface area (Å²) in [6.07, 6.45) is 4.96. The van der Waals surface area contributed by atoms with E-state index in [4.69, 9.17) is 0 Å². The number of aryl methyl sites for hydroxylation is 1. The molecule has 7 heteroatoms. The number of amides is 1. The van der Waals surface area contributed by atoms with Gasteiger partial charge in [0.2, 0.25) is 0 Å². The fraction of sp³-hybridized carbons (Fsp3) is 0.438. The van der Waals surface area contributed by atoms with Crippen LogP contribution in [0.1, 0.15) is 35.7 Å². The van der Waals surface area contributed by atoms with Gasteiger partial charge in [-0.25, -0.2) is 4.98 Å². The zero-order chi connectivity index (χ0) is 15.7. The maximum atomic E-state index is 12.5. The lowest BCUT2D eigenvalue weighted by Gasteiger charge is -2.30. The molecule has 0 saturated carbocycles. The Bertz CT molecular complexity index is 774.